The van der Waals surface area contributed by atoms with Crippen molar-refractivity contribution in [1.29, 1.82) is 0 Å². The third-order valence-corrected chi connectivity index (χ3v) is 3.67. The van der Waals surface area contributed by atoms with E-state index in [1.54, 1.807) is 6.20 Å². The lowest BCUT2D eigenvalue weighted by Gasteiger charge is -2.15. The van der Waals surface area contributed by atoms with Crippen molar-refractivity contribution < 1.29 is 4.39 Å². The molecule has 16 heavy (non-hydrogen) atoms. The summed E-state index contributed by atoms with van der Waals surface area (Å²) in [5, 5.41) is 4.03. The van der Waals surface area contributed by atoms with E-state index in [1.807, 2.05) is 18.7 Å². The van der Waals surface area contributed by atoms with Gasteiger partial charge in [-0.05, 0) is 37.8 Å². The van der Waals surface area contributed by atoms with Crippen molar-refractivity contribution >= 4 is 11.8 Å². The first-order chi connectivity index (χ1) is 7.63. The molecule has 0 fully saturated rings. The lowest BCUT2D eigenvalue weighted by molar-refractivity contribution is 0.548. The maximum Gasteiger partial charge on any atom is 0.141 e. The largest absolute Gasteiger partial charge is 0.310 e. The third-order valence-electron chi connectivity index (χ3n) is 2.63. The summed E-state index contributed by atoms with van der Waals surface area (Å²) in [5.41, 5.74) is 0.900. The number of halogens is 1. The molecule has 2 atom stereocenters. The van der Waals surface area contributed by atoms with Gasteiger partial charge in [0.1, 0.15) is 5.82 Å². The summed E-state index contributed by atoms with van der Waals surface area (Å²) in [7, 11) is 0. The Morgan fingerprint density at radius 1 is 1.44 bits per heavy atom. The molecule has 0 saturated carbocycles. The highest BCUT2D eigenvalue weighted by molar-refractivity contribution is 7.99. The number of thioether (sulfide) groups is 1. The first kappa shape index (κ1) is 13.5. The second-order valence-electron chi connectivity index (χ2n) is 3.95. The van der Waals surface area contributed by atoms with Gasteiger partial charge >= 0.3 is 0 Å². The van der Waals surface area contributed by atoms with Crippen LogP contribution in [0, 0.1) is 5.82 Å². The monoisotopic (exact) mass is 242 g/mol. The minimum absolute atomic E-state index is 0.150. The Bertz CT molecular complexity index is 320. The molecule has 1 rings (SSSR count). The average molecular weight is 242 g/mol. The molecule has 1 aromatic rings. The summed E-state index contributed by atoms with van der Waals surface area (Å²) in [6.45, 7) is 5.18. The molecule has 0 spiro atoms. The van der Waals surface area contributed by atoms with Crippen LogP contribution in [0.25, 0.3) is 0 Å². The molecular weight excluding hydrogens is 223 g/mol. The van der Waals surface area contributed by atoms with E-state index in [0.717, 1.165) is 18.5 Å². The smallest absolute Gasteiger partial charge is 0.141 e. The molecular formula is C12H19FN2S. The van der Waals surface area contributed by atoms with Crippen molar-refractivity contribution in [2.45, 2.75) is 31.6 Å². The molecule has 0 radical (unpaired) electrons. The lowest BCUT2D eigenvalue weighted by Crippen LogP contribution is -2.22. The van der Waals surface area contributed by atoms with Gasteiger partial charge in [-0.1, -0.05) is 6.92 Å². The van der Waals surface area contributed by atoms with Crippen LogP contribution in [0.4, 0.5) is 4.39 Å². The van der Waals surface area contributed by atoms with Crippen molar-refractivity contribution in [3.05, 3.63) is 29.8 Å². The van der Waals surface area contributed by atoms with Crippen LogP contribution in [0.3, 0.4) is 0 Å². The molecule has 2 unspecified atom stereocenters. The minimum Gasteiger partial charge on any atom is -0.310 e. The molecule has 0 aliphatic carbocycles. The summed E-state index contributed by atoms with van der Waals surface area (Å²) >= 11 is 1.86. The van der Waals surface area contributed by atoms with E-state index in [0.29, 0.717) is 5.25 Å². The van der Waals surface area contributed by atoms with E-state index >= 15 is 0 Å². The van der Waals surface area contributed by atoms with Gasteiger partial charge in [-0.2, -0.15) is 11.8 Å². The molecule has 4 heteroatoms. The van der Waals surface area contributed by atoms with E-state index < -0.39 is 0 Å². The fourth-order valence-electron chi connectivity index (χ4n) is 1.40. The van der Waals surface area contributed by atoms with Crippen LogP contribution in [-0.2, 0) is 0 Å². The molecule has 0 bridgehead atoms. The minimum atomic E-state index is -0.274. The molecule has 0 aliphatic rings. The van der Waals surface area contributed by atoms with Gasteiger partial charge < -0.3 is 5.32 Å². The van der Waals surface area contributed by atoms with Crippen LogP contribution in [-0.4, -0.2) is 23.0 Å². The highest BCUT2D eigenvalue weighted by Crippen LogP contribution is 2.13. The number of hydrogen-bond donors (Lipinski definition) is 1. The molecule has 90 valence electrons. The second-order valence-corrected chi connectivity index (χ2v) is 5.22. The SMILES string of the molecule is CSC(C)CCNC(C)c1cncc(F)c1. The number of nitrogens with zero attached hydrogens (tertiary/aromatic N) is 1. The van der Waals surface area contributed by atoms with Crippen molar-refractivity contribution in [3.8, 4) is 0 Å². The molecule has 1 heterocycles. The fourth-order valence-corrected chi connectivity index (χ4v) is 1.76. The first-order valence-electron chi connectivity index (χ1n) is 5.50. The zero-order chi connectivity index (χ0) is 12.0. The van der Waals surface area contributed by atoms with E-state index in [2.05, 4.69) is 23.5 Å². The standard InChI is InChI=1S/C12H19FN2S/c1-9(16-3)4-5-15-10(2)11-6-12(13)8-14-7-11/h6-10,15H,4-5H2,1-3H3. The summed E-state index contributed by atoms with van der Waals surface area (Å²) in [5.74, 6) is -0.274. The first-order valence-corrected chi connectivity index (χ1v) is 6.79. The third kappa shape index (κ3) is 4.49. The van der Waals surface area contributed by atoms with Crippen LogP contribution in [0.15, 0.2) is 18.5 Å². The van der Waals surface area contributed by atoms with E-state index in [-0.39, 0.29) is 11.9 Å². The summed E-state index contributed by atoms with van der Waals surface area (Å²) in [6.07, 6.45) is 6.17. The number of aromatic nitrogens is 1. The lowest BCUT2D eigenvalue weighted by atomic mass is 10.1. The zero-order valence-electron chi connectivity index (χ0n) is 10.0. The summed E-state index contributed by atoms with van der Waals surface area (Å²) < 4.78 is 12.9. The summed E-state index contributed by atoms with van der Waals surface area (Å²) in [6, 6.07) is 1.68. The van der Waals surface area contributed by atoms with Crippen molar-refractivity contribution in [1.82, 2.24) is 10.3 Å². The molecule has 0 aromatic carbocycles. The Morgan fingerprint density at radius 3 is 2.81 bits per heavy atom. The quantitative estimate of drug-likeness (QED) is 0.830. The number of hydrogen-bond acceptors (Lipinski definition) is 3. The molecule has 0 saturated heterocycles. The normalized spacial score (nSPS) is 14.8. The second kappa shape index (κ2) is 6.86. The highest BCUT2D eigenvalue weighted by atomic mass is 32.2. The van der Waals surface area contributed by atoms with Crippen molar-refractivity contribution in [2.75, 3.05) is 12.8 Å². The maximum atomic E-state index is 12.9. The van der Waals surface area contributed by atoms with Gasteiger partial charge in [0, 0.05) is 17.5 Å². The Kier molecular flexibility index (Phi) is 5.77. The maximum absolute atomic E-state index is 12.9. The van der Waals surface area contributed by atoms with Gasteiger partial charge in [0.15, 0.2) is 0 Å². The average Bonchev–Trinajstić information content (AvgIpc) is 2.28. The van der Waals surface area contributed by atoms with Gasteiger partial charge in [-0.25, -0.2) is 4.39 Å². The van der Waals surface area contributed by atoms with Gasteiger partial charge in [-0.15, -0.1) is 0 Å². The van der Waals surface area contributed by atoms with Crippen LogP contribution in [0.2, 0.25) is 0 Å². The molecule has 1 aromatic heterocycles. The van der Waals surface area contributed by atoms with Crippen LogP contribution in [0.5, 0.6) is 0 Å². The van der Waals surface area contributed by atoms with Gasteiger partial charge in [0.2, 0.25) is 0 Å². The Labute approximate surface area is 101 Å². The molecule has 1 N–H and O–H groups in total. The number of rotatable bonds is 6. The van der Waals surface area contributed by atoms with Gasteiger partial charge in [0.05, 0.1) is 6.20 Å². The Balaban J connectivity index is 2.38. The molecule has 2 nitrogen and oxygen atoms in total. The van der Waals surface area contributed by atoms with Crippen molar-refractivity contribution in [2.24, 2.45) is 0 Å². The Morgan fingerprint density at radius 2 is 2.19 bits per heavy atom. The van der Waals surface area contributed by atoms with Crippen LogP contribution >= 0.6 is 11.8 Å². The van der Waals surface area contributed by atoms with Crippen LogP contribution < -0.4 is 5.32 Å². The van der Waals surface area contributed by atoms with Crippen molar-refractivity contribution in [3.63, 3.8) is 0 Å². The van der Waals surface area contributed by atoms with E-state index in [4.69, 9.17) is 0 Å². The predicted molar refractivity (Wildman–Crippen MR) is 68.2 cm³/mol. The van der Waals surface area contributed by atoms with E-state index in [9.17, 15) is 4.39 Å². The van der Waals surface area contributed by atoms with E-state index in [1.165, 1.54) is 12.3 Å². The topological polar surface area (TPSA) is 24.9 Å². The zero-order valence-corrected chi connectivity index (χ0v) is 10.9. The number of nitrogens with one attached hydrogen (secondary N) is 1. The van der Waals surface area contributed by atoms with Gasteiger partial charge in [-0.3, -0.25) is 4.98 Å². The van der Waals surface area contributed by atoms with Gasteiger partial charge in [0.25, 0.3) is 0 Å². The predicted octanol–water partition coefficient (Wildman–Crippen LogP) is 3.01. The fraction of sp³-hybridized carbons (Fsp3) is 0.583. The highest BCUT2D eigenvalue weighted by Gasteiger charge is 2.06. The Hall–Kier alpha value is -0.610. The number of pyridine rings is 1. The molecule has 0 aliphatic heterocycles. The molecule has 0 amide bonds. The van der Waals surface area contributed by atoms with Crippen LogP contribution in [0.1, 0.15) is 31.9 Å². The summed E-state index contributed by atoms with van der Waals surface area (Å²) in [4.78, 5) is 3.85.